The van der Waals surface area contributed by atoms with Crippen molar-refractivity contribution in [1.29, 1.82) is 0 Å². The Labute approximate surface area is 356 Å². The maximum atomic E-state index is 15.6. The Morgan fingerprint density at radius 3 is 1.37 bits per heavy atom. The van der Waals surface area contributed by atoms with Crippen molar-refractivity contribution in [3.63, 3.8) is 0 Å². The van der Waals surface area contributed by atoms with Crippen molar-refractivity contribution in [3.8, 4) is 56.9 Å². The summed E-state index contributed by atoms with van der Waals surface area (Å²) in [6.45, 7) is 7.83. The maximum absolute atomic E-state index is 15.6. The Hall–Kier alpha value is -7.41. The largest absolute Gasteiger partial charge is 0.294 e. The van der Waals surface area contributed by atoms with E-state index in [4.69, 9.17) is 9.97 Å². The molecule has 7 aromatic heterocycles. The molecule has 10 rings (SSSR count). The third-order valence-corrected chi connectivity index (χ3v) is 11.5. The quantitative estimate of drug-likeness (QED) is 0.161. The lowest BCUT2D eigenvalue weighted by molar-refractivity contribution is 0.0803. The number of imidazole rings is 2. The van der Waals surface area contributed by atoms with Gasteiger partial charge in [-0.15, -0.1) is 0 Å². The van der Waals surface area contributed by atoms with Gasteiger partial charge < -0.3 is 0 Å². The van der Waals surface area contributed by atoms with Crippen molar-refractivity contribution in [2.24, 2.45) is 10.8 Å². The molecule has 0 saturated heterocycles. The van der Waals surface area contributed by atoms with Crippen LogP contribution in [0.4, 0.5) is 8.78 Å². The molecular formula is C49H41F2N9O2. The van der Waals surface area contributed by atoms with Crippen molar-refractivity contribution >= 4 is 11.6 Å². The molecule has 0 N–H and O–H groups in total. The highest BCUT2D eigenvalue weighted by atomic mass is 19.1. The van der Waals surface area contributed by atoms with E-state index in [-0.39, 0.29) is 23.0 Å². The van der Waals surface area contributed by atoms with Gasteiger partial charge in [-0.3, -0.25) is 33.7 Å². The van der Waals surface area contributed by atoms with Gasteiger partial charge in [0.1, 0.15) is 22.8 Å². The fourth-order valence-electron chi connectivity index (χ4n) is 7.92. The van der Waals surface area contributed by atoms with Gasteiger partial charge in [-0.05, 0) is 86.3 Å². The first-order valence-corrected chi connectivity index (χ1v) is 20.3. The fraction of sp³-hybridized carbons (Fsp3) is 0.204. The van der Waals surface area contributed by atoms with Crippen LogP contribution in [0.25, 0.3) is 56.9 Å². The van der Waals surface area contributed by atoms with Crippen LogP contribution >= 0.6 is 0 Å². The van der Waals surface area contributed by atoms with Crippen LogP contribution in [0.2, 0.25) is 0 Å². The predicted molar refractivity (Wildman–Crippen MR) is 231 cm³/mol. The number of nitrogens with zero attached hydrogens (tertiary/aromatic N) is 9. The smallest absolute Gasteiger partial charge is 0.226 e. The lowest BCUT2D eigenvalue weighted by Crippen LogP contribution is -2.31. The van der Waals surface area contributed by atoms with E-state index < -0.39 is 22.7 Å². The lowest BCUT2D eigenvalue weighted by atomic mass is 9.75. The summed E-state index contributed by atoms with van der Waals surface area (Å²) in [5.74, 6) is -0.0854. The summed E-state index contributed by atoms with van der Waals surface area (Å²) >= 11 is 0. The van der Waals surface area contributed by atoms with Gasteiger partial charge in [0.25, 0.3) is 0 Å². The molecule has 7 heterocycles. The van der Waals surface area contributed by atoms with E-state index in [0.29, 0.717) is 69.5 Å². The van der Waals surface area contributed by atoms with Gasteiger partial charge >= 0.3 is 0 Å². The highest BCUT2D eigenvalue weighted by Gasteiger charge is 2.37. The fourth-order valence-corrected chi connectivity index (χ4v) is 7.92. The van der Waals surface area contributed by atoms with Gasteiger partial charge in [-0.2, -0.15) is 8.78 Å². The third kappa shape index (κ3) is 7.29. The molecule has 0 amide bonds. The summed E-state index contributed by atoms with van der Waals surface area (Å²) < 4.78 is 34.1. The van der Waals surface area contributed by atoms with Crippen LogP contribution in [-0.4, -0.2) is 55.6 Å². The van der Waals surface area contributed by atoms with Crippen molar-refractivity contribution in [2.45, 2.75) is 53.4 Å². The minimum absolute atomic E-state index is 0.0885. The van der Waals surface area contributed by atoms with Crippen molar-refractivity contribution < 1.29 is 18.4 Å². The summed E-state index contributed by atoms with van der Waals surface area (Å²) in [6, 6.07) is 26.8. The summed E-state index contributed by atoms with van der Waals surface area (Å²) in [5, 5.41) is 0. The molecule has 0 fully saturated rings. The summed E-state index contributed by atoms with van der Waals surface area (Å²) in [6.07, 6.45) is 12.5. The summed E-state index contributed by atoms with van der Waals surface area (Å²) in [7, 11) is 0. The molecule has 1 aromatic carbocycles. The highest BCUT2D eigenvalue weighted by Crippen LogP contribution is 2.38. The molecule has 0 bridgehead atoms. The third-order valence-electron chi connectivity index (χ3n) is 11.5. The second-order valence-electron chi connectivity index (χ2n) is 16.7. The molecule has 62 heavy (non-hydrogen) atoms. The number of ketones is 2. The zero-order valence-corrected chi connectivity index (χ0v) is 34.6. The second kappa shape index (κ2) is 15.9. The number of rotatable bonds is 6. The Morgan fingerprint density at radius 2 is 0.935 bits per heavy atom. The van der Waals surface area contributed by atoms with Crippen LogP contribution < -0.4 is 0 Å². The molecule has 11 nitrogen and oxygen atoms in total. The number of benzene rings is 1. The van der Waals surface area contributed by atoms with Gasteiger partial charge in [0.2, 0.25) is 11.9 Å². The molecule has 0 atom stereocenters. The zero-order chi connectivity index (χ0) is 43.2. The van der Waals surface area contributed by atoms with Crippen LogP contribution in [0.1, 0.15) is 72.6 Å². The lowest BCUT2D eigenvalue weighted by Gasteiger charge is -2.29. The number of Topliss-reactive ketones (excluding diaryl/α,β-unsaturated/α-hetero) is 2. The molecule has 2 aliphatic rings. The molecule has 8 aromatic rings. The number of halogens is 2. The number of fused-ring (bicyclic) bond motifs is 2. The second-order valence-corrected chi connectivity index (χ2v) is 16.7. The van der Waals surface area contributed by atoms with E-state index in [0.717, 1.165) is 24.2 Å². The molecule has 0 spiro atoms. The first kappa shape index (κ1) is 40.0. The average molecular weight is 826 g/mol. The Morgan fingerprint density at radius 1 is 0.500 bits per heavy atom. The molecule has 0 saturated carbocycles. The van der Waals surface area contributed by atoms with Crippen LogP contribution in [0.5, 0.6) is 0 Å². The van der Waals surface area contributed by atoms with E-state index >= 15 is 8.78 Å². The Balaban J connectivity index is 0.000000158. The monoisotopic (exact) mass is 825 g/mol. The number of carbonyl (C=O) groups excluding carboxylic acids is 2. The Kier molecular flexibility index (Phi) is 10.3. The first-order valence-electron chi connectivity index (χ1n) is 20.3. The van der Waals surface area contributed by atoms with Crippen LogP contribution in [0.3, 0.4) is 0 Å². The zero-order valence-electron chi connectivity index (χ0n) is 34.6. The molecule has 0 aliphatic heterocycles. The van der Waals surface area contributed by atoms with Gasteiger partial charge in [-0.25, -0.2) is 19.9 Å². The number of hydrogen-bond acceptors (Lipinski definition) is 9. The predicted octanol–water partition coefficient (Wildman–Crippen LogP) is 9.98. The van der Waals surface area contributed by atoms with Crippen LogP contribution in [0.15, 0.2) is 128 Å². The molecule has 0 unspecified atom stereocenters. The highest BCUT2D eigenvalue weighted by molar-refractivity contribution is 6.02. The molecular weight excluding hydrogens is 785 g/mol. The number of aromatic nitrogens is 9. The maximum Gasteiger partial charge on any atom is 0.226 e. The van der Waals surface area contributed by atoms with Crippen LogP contribution in [0, 0.1) is 22.7 Å². The summed E-state index contributed by atoms with van der Waals surface area (Å²) in [5.41, 5.74) is 5.75. The molecule has 2 aliphatic carbocycles. The van der Waals surface area contributed by atoms with E-state index in [9.17, 15) is 9.59 Å². The van der Waals surface area contributed by atoms with E-state index in [1.165, 1.54) is 9.13 Å². The van der Waals surface area contributed by atoms with Gasteiger partial charge in [0.05, 0.1) is 35.2 Å². The average Bonchev–Trinajstić information content (AvgIpc) is 3.84. The van der Waals surface area contributed by atoms with Crippen molar-refractivity contribution in [1.82, 2.24) is 44.0 Å². The topological polar surface area (TPSA) is 134 Å². The minimum atomic E-state index is -0.521. The van der Waals surface area contributed by atoms with Crippen LogP contribution in [-0.2, 0) is 12.8 Å². The van der Waals surface area contributed by atoms with E-state index in [2.05, 4.69) is 24.9 Å². The number of hydrogen-bond donors (Lipinski definition) is 0. The van der Waals surface area contributed by atoms with Crippen molar-refractivity contribution in [2.75, 3.05) is 0 Å². The Bertz CT molecular complexity index is 2770. The van der Waals surface area contributed by atoms with Gasteiger partial charge in [0, 0.05) is 57.9 Å². The first-order chi connectivity index (χ1) is 29.9. The number of carbonyl (C=O) groups is 2. The summed E-state index contributed by atoms with van der Waals surface area (Å²) in [4.78, 5) is 56.6. The standard InChI is InChI=1S/C25H21FN4O.C24H20FN5O/c1-25(2)13-12-19-18(22(25)31)10-11-20(28-19)24-29-21(16-7-4-3-5-8-16)23(26)30(24)17-9-6-14-27-15-17;1-24(2)10-9-18-17(21(24)31)7-8-19(28-18)23-29-20(15-5-3-11-26-13-15)22(25)30(23)16-6-4-12-27-14-16/h3-11,14-15H,12-13H2,1-2H3;3-8,11-14H,9-10H2,1-2H3. The number of pyridine rings is 5. The van der Waals surface area contributed by atoms with Gasteiger partial charge in [0.15, 0.2) is 23.2 Å². The number of aryl methyl sites for hydroxylation is 2. The van der Waals surface area contributed by atoms with E-state index in [1.54, 1.807) is 97.8 Å². The molecule has 308 valence electrons. The van der Waals surface area contributed by atoms with E-state index in [1.807, 2.05) is 58.0 Å². The van der Waals surface area contributed by atoms with Gasteiger partial charge in [-0.1, -0.05) is 58.0 Å². The van der Waals surface area contributed by atoms with Crippen molar-refractivity contribution in [3.05, 3.63) is 163 Å². The molecule has 13 heteroatoms. The normalized spacial score (nSPS) is 15.0. The minimum Gasteiger partial charge on any atom is -0.294 e. The molecule has 0 radical (unpaired) electrons. The SMILES string of the molecule is CC1(C)CCc2nc(-c3nc(-c4ccccc4)c(F)n3-c3cccnc3)ccc2C1=O.CC1(C)CCc2nc(-c3nc(-c4cccnc4)c(F)n3-c3cccnc3)ccc2C1=O.